The number of aryl methyl sites for hydroxylation is 1. The number of halogens is 1. The summed E-state index contributed by atoms with van der Waals surface area (Å²) >= 11 is 5.88. The summed E-state index contributed by atoms with van der Waals surface area (Å²) in [5, 5.41) is 0.583. The summed E-state index contributed by atoms with van der Waals surface area (Å²) < 4.78 is 56.2. The van der Waals surface area contributed by atoms with E-state index in [-0.39, 0.29) is 27.7 Å². The Morgan fingerprint density at radius 2 is 1.50 bits per heavy atom. The molecule has 10 heteroatoms. The predicted molar refractivity (Wildman–Crippen MR) is 121 cm³/mol. The summed E-state index contributed by atoms with van der Waals surface area (Å²) in [4.78, 5) is 12.5. The summed E-state index contributed by atoms with van der Waals surface area (Å²) in [6.07, 6.45) is 1.02. The Morgan fingerprint density at radius 1 is 0.906 bits per heavy atom. The van der Waals surface area contributed by atoms with Gasteiger partial charge >= 0.3 is 0 Å². The zero-order chi connectivity index (χ0) is 23.5. The fourth-order valence-corrected chi connectivity index (χ4v) is 4.50. The van der Waals surface area contributed by atoms with Crippen LogP contribution in [0.1, 0.15) is 21.5 Å². The Morgan fingerprint density at radius 3 is 2.09 bits per heavy atom. The molecule has 0 aromatic heterocycles. The molecule has 0 saturated carbocycles. The first-order chi connectivity index (χ1) is 15.0. The van der Waals surface area contributed by atoms with Gasteiger partial charge in [0, 0.05) is 11.3 Å². The molecule has 0 radical (unpaired) electrons. The zero-order valence-electron chi connectivity index (χ0n) is 17.2. The molecule has 168 valence electrons. The molecule has 0 saturated heterocycles. The van der Waals surface area contributed by atoms with Crippen molar-refractivity contribution in [3.8, 4) is 5.75 Å². The molecule has 3 rings (SSSR count). The Balaban J connectivity index is 1.81. The highest BCUT2D eigenvalue weighted by Gasteiger charge is 2.22. The number of rotatable bonds is 7. The van der Waals surface area contributed by atoms with Crippen molar-refractivity contribution >= 4 is 37.4 Å². The largest absolute Gasteiger partial charge is 0.488 e. The molecular weight excluding hydrogens is 474 g/mol. The lowest BCUT2D eigenvalue weighted by Crippen LogP contribution is -2.31. The second kappa shape index (κ2) is 9.32. The van der Waals surface area contributed by atoms with E-state index in [9.17, 15) is 21.6 Å². The highest BCUT2D eigenvalue weighted by molar-refractivity contribution is 7.91. The van der Waals surface area contributed by atoms with Gasteiger partial charge in [-0.3, -0.25) is 4.79 Å². The van der Waals surface area contributed by atoms with Crippen LogP contribution in [0.25, 0.3) is 0 Å². The van der Waals surface area contributed by atoms with Crippen LogP contribution in [0.5, 0.6) is 5.75 Å². The number of ether oxygens (including phenoxy) is 1. The van der Waals surface area contributed by atoms with Gasteiger partial charge in [-0.1, -0.05) is 29.8 Å². The number of hydrogen-bond acceptors (Lipinski definition) is 6. The number of hydrogen-bond donors (Lipinski definition) is 1. The zero-order valence-corrected chi connectivity index (χ0v) is 19.6. The van der Waals surface area contributed by atoms with Crippen molar-refractivity contribution in [1.82, 2.24) is 4.72 Å². The molecule has 3 aromatic rings. The summed E-state index contributed by atoms with van der Waals surface area (Å²) in [5.41, 5.74) is 1.69. The summed E-state index contributed by atoms with van der Waals surface area (Å²) in [6.45, 7) is 1.97. The van der Waals surface area contributed by atoms with Crippen LogP contribution in [0.3, 0.4) is 0 Å². The van der Waals surface area contributed by atoms with Crippen molar-refractivity contribution in [2.75, 3.05) is 6.26 Å². The van der Waals surface area contributed by atoms with Crippen LogP contribution in [-0.2, 0) is 26.5 Å². The van der Waals surface area contributed by atoms with E-state index < -0.39 is 25.8 Å². The van der Waals surface area contributed by atoms with Crippen LogP contribution in [0.2, 0.25) is 5.02 Å². The fourth-order valence-electron chi connectivity index (χ4n) is 2.78. The second-order valence-electron chi connectivity index (χ2n) is 7.09. The van der Waals surface area contributed by atoms with E-state index >= 15 is 0 Å². The normalized spacial score (nSPS) is 11.7. The minimum absolute atomic E-state index is 0.0285. The molecule has 0 unspecified atom stereocenters. The third-order valence-electron chi connectivity index (χ3n) is 4.48. The first-order valence-electron chi connectivity index (χ1n) is 9.31. The van der Waals surface area contributed by atoms with Crippen molar-refractivity contribution in [2.45, 2.75) is 23.3 Å². The van der Waals surface area contributed by atoms with Gasteiger partial charge in [0.15, 0.2) is 9.84 Å². The van der Waals surface area contributed by atoms with E-state index in [1.165, 1.54) is 18.2 Å². The topological polar surface area (TPSA) is 107 Å². The van der Waals surface area contributed by atoms with Gasteiger partial charge in [0.1, 0.15) is 12.4 Å². The van der Waals surface area contributed by atoms with Gasteiger partial charge in [-0.25, -0.2) is 21.6 Å². The first-order valence-corrected chi connectivity index (χ1v) is 13.1. The lowest BCUT2D eigenvalue weighted by Gasteiger charge is -2.13. The molecule has 0 aliphatic heterocycles. The van der Waals surface area contributed by atoms with Crippen LogP contribution in [0.4, 0.5) is 0 Å². The monoisotopic (exact) mass is 493 g/mol. The van der Waals surface area contributed by atoms with Crippen molar-refractivity contribution < 1.29 is 26.4 Å². The number of amides is 1. The van der Waals surface area contributed by atoms with E-state index in [1.54, 1.807) is 36.4 Å². The van der Waals surface area contributed by atoms with Gasteiger partial charge in [-0.15, -0.1) is 0 Å². The van der Waals surface area contributed by atoms with Crippen LogP contribution in [0, 0.1) is 6.92 Å². The standard InChI is InChI=1S/C22H20ClNO6S2/c1-15-3-12-20(21(13-15)30-14-16-4-6-17(23)7-5-16)22(25)24-32(28,29)19-10-8-18(9-11-19)31(2,26)27/h3-13H,14H2,1-2H3,(H,24,25). The minimum atomic E-state index is -4.23. The average molecular weight is 494 g/mol. The van der Waals surface area contributed by atoms with Crippen molar-refractivity contribution in [1.29, 1.82) is 0 Å². The predicted octanol–water partition coefficient (Wildman–Crippen LogP) is 3.75. The first kappa shape index (κ1) is 23.8. The summed E-state index contributed by atoms with van der Waals surface area (Å²) in [6, 6.07) is 16.3. The smallest absolute Gasteiger partial charge is 0.268 e. The molecule has 3 aromatic carbocycles. The maximum absolute atomic E-state index is 12.8. The number of benzene rings is 3. The van der Waals surface area contributed by atoms with E-state index in [4.69, 9.17) is 16.3 Å². The lowest BCUT2D eigenvalue weighted by molar-refractivity contribution is 0.0977. The molecule has 0 fully saturated rings. The Bertz CT molecular complexity index is 1350. The van der Waals surface area contributed by atoms with E-state index in [0.717, 1.165) is 29.5 Å². The maximum Gasteiger partial charge on any atom is 0.268 e. The van der Waals surface area contributed by atoms with Gasteiger partial charge in [0.05, 0.1) is 15.4 Å². The Hall–Kier alpha value is -2.88. The van der Waals surface area contributed by atoms with E-state index in [1.807, 2.05) is 11.6 Å². The lowest BCUT2D eigenvalue weighted by atomic mass is 10.1. The second-order valence-corrected chi connectivity index (χ2v) is 11.2. The highest BCUT2D eigenvalue weighted by Crippen LogP contribution is 2.23. The number of nitrogens with one attached hydrogen (secondary N) is 1. The number of sulfonamides is 1. The molecule has 0 heterocycles. The molecule has 0 atom stereocenters. The number of sulfone groups is 1. The average Bonchev–Trinajstić information content (AvgIpc) is 2.72. The summed E-state index contributed by atoms with van der Waals surface area (Å²) in [7, 11) is -7.71. The van der Waals surface area contributed by atoms with Crippen LogP contribution in [0.15, 0.2) is 76.5 Å². The molecule has 1 amide bonds. The Labute approximate surface area is 192 Å². The molecular formula is C22H20ClNO6S2. The number of carbonyl (C=O) groups excluding carboxylic acids is 1. The van der Waals surface area contributed by atoms with Crippen LogP contribution in [-0.4, -0.2) is 29.0 Å². The van der Waals surface area contributed by atoms with Gasteiger partial charge in [0.2, 0.25) is 0 Å². The minimum Gasteiger partial charge on any atom is -0.488 e. The molecule has 0 aliphatic rings. The van der Waals surface area contributed by atoms with E-state index in [0.29, 0.717) is 5.02 Å². The Kier molecular flexibility index (Phi) is 6.92. The highest BCUT2D eigenvalue weighted by atomic mass is 35.5. The molecule has 0 spiro atoms. The van der Waals surface area contributed by atoms with Crippen LogP contribution < -0.4 is 9.46 Å². The quantitative estimate of drug-likeness (QED) is 0.537. The molecule has 7 nitrogen and oxygen atoms in total. The SMILES string of the molecule is Cc1ccc(C(=O)NS(=O)(=O)c2ccc(S(C)(=O)=O)cc2)c(OCc2ccc(Cl)cc2)c1. The molecule has 1 N–H and O–H groups in total. The molecule has 0 aliphatic carbocycles. The summed E-state index contributed by atoms with van der Waals surface area (Å²) in [5.74, 6) is -0.650. The van der Waals surface area contributed by atoms with Gasteiger partial charge in [0.25, 0.3) is 15.9 Å². The van der Waals surface area contributed by atoms with Gasteiger partial charge < -0.3 is 4.74 Å². The third kappa shape index (κ3) is 5.87. The van der Waals surface area contributed by atoms with Crippen molar-refractivity contribution in [3.05, 3.63) is 88.4 Å². The molecule has 32 heavy (non-hydrogen) atoms. The maximum atomic E-state index is 12.8. The van der Waals surface area contributed by atoms with Crippen LogP contribution >= 0.6 is 11.6 Å². The fraction of sp³-hybridized carbons (Fsp3) is 0.136. The molecule has 0 bridgehead atoms. The van der Waals surface area contributed by atoms with E-state index in [2.05, 4.69) is 0 Å². The number of carbonyl (C=O) groups is 1. The van der Waals surface area contributed by atoms with Crippen molar-refractivity contribution in [2.24, 2.45) is 0 Å². The van der Waals surface area contributed by atoms with Gasteiger partial charge in [-0.05, 0) is 66.6 Å². The van der Waals surface area contributed by atoms with Crippen molar-refractivity contribution in [3.63, 3.8) is 0 Å². The van der Waals surface area contributed by atoms with Gasteiger partial charge in [-0.2, -0.15) is 0 Å². The third-order valence-corrected chi connectivity index (χ3v) is 7.21.